The molecule has 3 rings (SSSR count). The van der Waals surface area contributed by atoms with Gasteiger partial charge in [-0.1, -0.05) is 42.4 Å². The number of H-pyrrole nitrogens is 1. The zero-order valence-electron chi connectivity index (χ0n) is 14.2. The Morgan fingerprint density at radius 1 is 1.44 bits per heavy atom. The molecule has 0 fully saturated rings. The van der Waals surface area contributed by atoms with Crippen molar-refractivity contribution < 1.29 is 4.79 Å². The number of nitrogens with zero attached hydrogens (tertiary/aromatic N) is 2. The summed E-state index contributed by atoms with van der Waals surface area (Å²) in [4.78, 5) is 22.3. The fourth-order valence-corrected chi connectivity index (χ4v) is 3.24. The zero-order chi connectivity index (χ0) is 18.0. The molecule has 25 heavy (non-hydrogen) atoms. The number of allylic oxidation sites excluding steroid dienone is 2. The Balaban J connectivity index is 1.88. The lowest BCUT2D eigenvalue weighted by atomic mass is 9.77. The summed E-state index contributed by atoms with van der Waals surface area (Å²) >= 11 is 3.52. The van der Waals surface area contributed by atoms with Crippen LogP contribution in [-0.4, -0.2) is 15.9 Å². The molecule has 0 saturated carbocycles. The summed E-state index contributed by atoms with van der Waals surface area (Å²) in [6, 6.07) is 5.82. The van der Waals surface area contributed by atoms with E-state index < -0.39 is 0 Å². The predicted molar refractivity (Wildman–Crippen MR) is 103 cm³/mol. The monoisotopic (exact) mass is 398 g/mol. The third-order valence-corrected chi connectivity index (χ3v) is 4.94. The van der Waals surface area contributed by atoms with Crippen LogP contribution in [0.3, 0.4) is 0 Å². The summed E-state index contributed by atoms with van der Waals surface area (Å²) in [6.07, 6.45) is 6.75. The number of carbonyl (C=O) groups is 1. The van der Waals surface area contributed by atoms with Gasteiger partial charge in [-0.2, -0.15) is 0 Å². The Kier molecular flexibility index (Phi) is 4.78. The average Bonchev–Trinajstić information content (AvgIpc) is 3.06. The summed E-state index contributed by atoms with van der Waals surface area (Å²) in [5.41, 5.74) is 3.34. The fourth-order valence-electron chi connectivity index (χ4n) is 2.88. The molecule has 2 aromatic rings. The van der Waals surface area contributed by atoms with E-state index in [9.17, 15) is 4.79 Å². The highest BCUT2D eigenvalue weighted by molar-refractivity contribution is 9.10. The molecule has 0 atom stereocenters. The van der Waals surface area contributed by atoms with Crippen LogP contribution in [0.2, 0.25) is 0 Å². The molecule has 1 aromatic heterocycles. The van der Waals surface area contributed by atoms with E-state index in [4.69, 9.17) is 6.57 Å². The molecular formula is C19H19BrN4O. The quantitative estimate of drug-likeness (QED) is 0.663. The largest absolute Gasteiger partial charge is 0.363 e. The smallest absolute Gasteiger partial charge is 0.314 e. The lowest BCUT2D eigenvalue weighted by molar-refractivity contribution is 0.101. The standard InChI is InChI=1S/C19H19BrN4O/c1-19(2)8-6-12(7-9-19)14-10-13(20)4-5-15(14)23-18(25)17-22-11-16(21-3)24-17/h4-6,10-11H,7-9H2,1-2H3,(H,22,24)(H,23,25). The first kappa shape index (κ1) is 17.4. The van der Waals surface area contributed by atoms with E-state index in [-0.39, 0.29) is 17.5 Å². The zero-order valence-corrected chi connectivity index (χ0v) is 15.8. The van der Waals surface area contributed by atoms with Gasteiger partial charge in [0.05, 0.1) is 6.20 Å². The number of carbonyl (C=O) groups excluding carboxylic acids is 1. The fraction of sp³-hybridized carbons (Fsp3) is 0.316. The molecule has 1 amide bonds. The molecule has 0 bridgehead atoms. The van der Waals surface area contributed by atoms with Gasteiger partial charge in [0.25, 0.3) is 5.82 Å². The van der Waals surface area contributed by atoms with Crippen LogP contribution in [-0.2, 0) is 0 Å². The average molecular weight is 399 g/mol. The normalized spacial score (nSPS) is 16.0. The number of rotatable bonds is 3. The topological polar surface area (TPSA) is 62.1 Å². The first-order valence-corrected chi connectivity index (χ1v) is 8.90. The molecule has 0 radical (unpaired) electrons. The SMILES string of the molecule is [C-]#[N+]c1cnc(C(=O)Nc2ccc(Br)cc2C2=CCC(C)(C)CC2)[nH]1. The van der Waals surface area contributed by atoms with Crippen LogP contribution in [0.1, 0.15) is 49.3 Å². The number of imidazole rings is 1. The molecule has 0 aliphatic heterocycles. The van der Waals surface area contributed by atoms with E-state index in [1.807, 2.05) is 18.2 Å². The summed E-state index contributed by atoms with van der Waals surface area (Å²) in [6.45, 7) is 11.5. The van der Waals surface area contributed by atoms with Crippen LogP contribution in [0.4, 0.5) is 11.5 Å². The van der Waals surface area contributed by atoms with Gasteiger partial charge in [0.1, 0.15) is 0 Å². The van der Waals surface area contributed by atoms with Crippen molar-refractivity contribution >= 4 is 38.9 Å². The van der Waals surface area contributed by atoms with E-state index in [1.54, 1.807) is 0 Å². The summed E-state index contributed by atoms with van der Waals surface area (Å²) in [7, 11) is 0. The van der Waals surface area contributed by atoms with Crippen LogP contribution in [0.5, 0.6) is 0 Å². The highest BCUT2D eigenvalue weighted by Crippen LogP contribution is 2.40. The number of hydrogen-bond acceptors (Lipinski definition) is 2. The van der Waals surface area contributed by atoms with E-state index in [2.05, 4.69) is 56.0 Å². The van der Waals surface area contributed by atoms with Crippen molar-refractivity contribution in [3.05, 3.63) is 57.7 Å². The molecule has 1 aliphatic carbocycles. The maximum atomic E-state index is 12.4. The van der Waals surface area contributed by atoms with Crippen molar-refractivity contribution in [3.63, 3.8) is 0 Å². The van der Waals surface area contributed by atoms with Gasteiger partial charge < -0.3 is 10.2 Å². The molecule has 1 aromatic carbocycles. The first-order chi connectivity index (χ1) is 11.9. The molecule has 2 N–H and O–H groups in total. The lowest BCUT2D eigenvalue weighted by Gasteiger charge is -2.29. The number of amides is 1. The van der Waals surface area contributed by atoms with Gasteiger partial charge >= 0.3 is 5.91 Å². The maximum absolute atomic E-state index is 12.4. The Hall–Kier alpha value is -2.39. The van der Waals surface area contributed by atoms with Gasteiger partial charge in [-0.05, 0) is 48.4 Å². The van der Waals surface area contributed by atoms with Crippen molar-refractivity contribution in [2.24, 2.45) is 5.41 Å². The molecule has 0 unspecified atom stereocenters. The third kappa shape index (κ3) is 3.99. The third-order valence-electron chi connectivity index (χ3n) is 4.45. The molecule has 1 aliphatic rings. The second-order valence-corrected chi connectivity index (χ2v) is 7.89. The van der Waals surface area contributed by atoms with Gasteiger partial charge in [0, 0.05) is 15.7 Å². The number of aromatic nitrogens is 2. The number of anilines is 1. The predicted octanol–water partition coefficient (Wildman–Crippen LogP) is 5.57. The van der Waals surface area contributed by atoms with Crippen LogP contribution in [0.25, 0.3) is 10.4 Å². The second kappa shape index (κ2) is 6.85. The molecule has 6 heteroatoms. The number of halogens is 1. The van der Waals surface area contributed by atoms with E-state index >= 15 is 0 Å². The highest BCUT2D eigenvalue weighted by atomic mass is 79.9. The second-order valence-electron chi connectivity index (χ2n) is 6.97. The Labute approximate surface area is 155 Å². The molecule has 5 nitrogen and oxygen atoms in total. The van der Waals surface area contributed by atoms with E-state index in [0.717, 1.165) is 35.0 Å². The van der Waals surface area contributed by atoms with Crippen molar-refractivity contribution in [1.29, 1.82) is 0 Å². The van der Waals surface area contributed by atoms with Gasteiger partial charge in [-0.25, -0.2) is 4.98 Å². The van der Waals surface area contributed by atoms with Gasteiger partial charge in [-0.3, -0.25) is 9.78 Å². The van der Waals surface area contributed by atoms with E-state index in [1.165, 1.54) is 11.8 Å². The highest BCUT2D eigenvalue weighted by Gasteiger charge is 2.24. The van der Waals surface area contributed by atoms with Gasteiger partial charge in [0.15, 0.2) is 0 Å². The van der Waals surface area contributed by atoms with Gasteiger partial charge in [-0.15, -0.1) is 0 Å². The Bertz CT molecular complexity index is 889. The minimum Gasteiger partial charge on any atom is -0.363 e. The van der Waals surface area contributed by atoms with Crippen LogP contribution >= 0.6 is 15.9 Å². The molecule has 1 heterocycles. The van der Waals surface area contributed by atoms with Crippen molar-refractivity contribution in [3.8, 4) is 0 Å². The molecule has 128 valence electrons. The Morgan fingerprint density at radius 2 is 2.24 bits per heavy atom. The van der Waals surface area contributed by atoms with Crippen molar-refractivity contribution in [2.75, 3.05) is 5.32 Å². The minimum absolute atomic E-state index is 0.138. The lowest BCUT2D eigenvalue weighted by Crippen LogP contribution is -2.17. The van der Waals surface area contributed by atoms with Gasteiger partial charge in [0.2, 0.25) is 5.82 Å². The maximum Gasteiger partial charge on any atom is 0.314 e. The number of aromatic amines is 1. The molecule has 0 saturated heterocycles. The van der Waals surface area contributed by atoms with Crippen molar-refractivity contribution in [2.45, 2.75) is 33.1 Å². The number of nitrogens with one attached hydrogen (secondary N) is 2. The van der Waals surface area contributed by atoms with Crippen molar-refractivity contribution in [1.82, 2.24) is 9.97 Å². The molecular weight excluding hydrogens is 380 g/mol. The van der Waals surface area contributed by atoms with Crippen LogP contribution in [0.15, 0.2) is 34.9 Å². The summed E-state index contributed by atoms with van der Waals surface area (Å²) in [5, 5.41) is 2.91. The summed E-state index contributed by atoms with van der Waals surface area (Å²) < 4.78 is 0.972. The first-order valence-electron chi connectivity index (χ1n) is 8.11. The molecule has 0 spiro atoms. The van der Waals surface area contributed by atoms with Crippen LogP contribution < -0.4 is 5.32 Å². The van der Waals surface area contributed by atoms with Crippen LogP contribution in [0, 0.1) is 12.0 Å². The summed E-state index contributed by atoms with van der Waals surface area (Å²) in [5.74, 6) is 0.0345. The Morgan fingerprint density at radius 3 is 2.88 bits per heavy atom. The minimum atomic E-state index is -0.352. The number of benzene rings is 1. The number of hydrogen-bond donors (Lipinski definition) is 2. The van der Waals surface area contributed by atoms with E-state index in [0.29, 0.717) is 5.41 Å².